The van der Waals surface area contributed by atoms with Gasteiger partial charge in [-0.25, -0.2) is 8.42 Å². The number of unbranched alkanes of at least 4 members (excludes halogenated alkanes) is 2. The second kappa shape index (κ2) is 8.51. The molecule has 0 radical (unpaired) electrons. The first-order valence-corrected chi connectivity index (χ1v) is 10.3. The molecule has 136 valence electrons. The van der Waals surface area contributed by atoms with E-state index in [1.54, 1.807) is 12.1 Å². The van der Waals surface area contributed by atoms with Crippen molar-refractivity contribution < 1.29 is 13.2 Å². The summed E-state index contributed by atoms with van der Waals surface area (Å²) in [6.07, 6.45) is 4.16. The number of nitrogens with one attached hydrogen (secondary N) is 1. The number of nitrogens with zero attached hydrogens (tertiary/aromatic N) is 1. The summed E-state index contributed by atoms with van der Waals surface area (Å²) in [6.45, 7) is 8.55. The molecule has 0 saturated carbocycles. The molecule has 1 rings (SSSR count). The number of benzene rings is 1. The molecular formula is C18H30N2O3S. The molecule has 1 amide bonds. The van der Waals surface area contributed by atoms with Crippen molar-refractivity contribution in [2.24, 2.45) is 0 Å². The molecule has 0 atom stereocenters. The second-order valence-corrected chi connectivity index (χ2v) is 9.00. The van der Waals surface area contributed by atoms with Crippen molar-refractivity contribution in [3.8, 4) is 0 Å². The molecular weight excluding hydrogens is 324 g/mol. The molecule has 0 bridgehead atoms. The van der Waals surface area contributed by atoms with E-state index in [9.17, 15) is 13.2 Å². The number of anilines is 1. The first-order valence-electron chi connectivity index (χ1n) is 8.41. The minimum atomic E-state index is -3.56. The molecule has 0 aliphatic heterocycles. The molecule has 1 N–H and O–H groups in total. The van der Waals surface area contributed by atoms with Crippen molar-refractivity contribution in [1.82, 2.24) is 5.32 Å². The van der Waals surface area contributed by atoms with Gasteiger partial charge < -0.3 is 5.32 Å². The summed E-state index contributed by atoms with van der Waals surface area (Å²) in [5.74, 6) is -0.278. The van der Waals surface area contributed by atoms with Crippen LogP contribution < -0.4 is 9.62 Å². The molecule has 6 heteroatoms. The Morgan fingerprint density at radius 3 is 2.33 bits per heavy atom. The van der Waals surface area contributed by atoms with Crippen LogP contribution in [0.1, 0.15) is 52.5 Å². The number of para-hydroxylation sites is 1. The highest BCUT2D eigenvalue weighted by Crippen LogP contribution is 2.32. The molecule has 0 unspecified atom stereocenters. The molecule has 0 aliphatic carbocycles. The van der Waals surface area contributed by atoms with E-state index in [2.05, 4.69) is 12.2 Å². The third-order valence-electron chi connectivity index (χ3n) is 3.77. The number of hydrogen-bond donors (Lipinski definition) is 1. The molecule has 24 heavy (non-hydrogen) atoms. The summed E-state index contributed by atoms with van der Waals surface area (Å²) in [5, 5.41) is 2.80. The van der Waals surface area contributed by atoms with Gasteiger partial charge >= 0.3 is 0 Å². The summed E-state index contributed by atoms with van der Waals surface area (Å²) in [6, 6.07) is 7.34. The van der Waals surface area contributed by atoms with E-state index < -0.39 is 10.0 Å². The zero-order chi connectivity index (χ0) is 18.4. The highest BCUT2D eigenvalue weighted by Gasteiger charge is 2.27. The van der Waals surface area contributed by atoms with Gasteiger partial charge in [0.1, 0.15) is 6.54 Å². The normalized spacial score (nSPS) is 12.0. The van der Waals surface area contributed by atoms with Crippen molar-refractivity contribution in [1.29, 1.82) is 0 Å². The van der Waals surface area contributed by atoms with Crippen LogP contribution >= 0.6 is 0 Å². The standard InChI is InChI=1S/C18H30N2O3S/c1-6-7-10-13-19-17(21)14-20(24(5,22)23)16-12-9-8-11-15(16)18(2,3)4/h8-9,11-12H,6-7,10,13-14H2,1-5H3,(H,19,21). The molecule has 0 aliphatic rings. The minimum Gasteiger partial charge on any atom is -0.355 e. The molecule has 0 aromatic heterocycles. The van der Waals surface area contributed by atoms with E-state index in [-0.39, 0.29) is 17.9 Å². The number of carbonyl (C=O) groups excluding carboxylic acids is 1. The first-order chi connectivity index (χ1) is 11.1. The van der Waals surface area contributed by atoms with Crippen LogP contribution in [0.4, 0.5) is 5.69 Å². The van der Waals surface area contributed by atoms with Gasteiger partial charge in [-0.3, -0.25) is 9.10 Å². The fourth-order valence-electron chi connectivity index (χ4n) is 2.50. The molecule has 5 nitrogen and oxygen atoms in total. The number of rotatable bonds is 8. The van der Waals surface area contributed by atoms with E-state index in [0.717, 1.165) is 31.1 Å². The predicted octanol–water partition coefficient (Wildman–Crippen LogP) is 3.06. The van der Waals surface area contributed by atoms with Crippen molar-refractivity contribution in [3.05, 3.63) is 29.8 Å². The predicted molar refractivity (Wildman–Crippen MR) is 99.9 cm³/mol. The fourth-order valence-corrected chi connectivity index (χ4v) is 3.36. The lowest BCUT2D eigenvalue weighted by Gasteiger charge is -2.29. The van der Waals surface area contributed by atoms with Gasteiger partial charge in [0.2, 0.25) is 15.9 Å². The second-order valence-electron chi connectivity index (χ2n) is 7.09. The molecule has 0 heterocycles. The van der Waals surface area contributed by atoms with Crippen molar-refractivity contribution in [2.75, 3.05) is 23.7 Å². The first kappa shape index (κ1) is 20.5. The van der Waals surface area contributed by atoms with E-state index in [0.29, 0.717) is 12.2 Å². The van der Waals surface area contributed by atoms with Crippen LogP contribution in [-0.4, -0.2) is 33.7 Å². The Morgan fingerprint density at radius 1 is 1.17 bits per heavy atom. The van der Waals surface area contributed by atoms with Crippen LogP contribution in [0.25, 0.3) is 0 Å². The SMILES string of the molecule is CCCCCNC(=O)CN(c1ccccc1C(C)(C)C)S(C)(=O)=O. The highest BCUT2D eigenvalue weighted by atomic mass is 32.2. The van der Waals surface area contributed by atoms with Gasteiger partial charge in [-0.1, -0.05) is 58.7 Å². The number of hydrogen-bond acceptors (Lipinski definition) is 3. The van der Waals surface area contributed by atoms with Gasteiger partial charge in [-0.15, -0.1) is 0 Å². The van der Waals surface area contributed by atoms with Gasteiger partial charge in [-0.05, 0) is 23.5 Å². The zero-order valence-electron chi connectivity index (χ0n) is 15.4. The third kappa shape index (κ3) is 6.15. The van der Waals surface area contributed by atoms with Crippen molar-refractivity contribution >= 4 is 21.6 Å². The van der Waals surface area contributed by atoms with Crippen molar-refractivity contribution in [2.45, 2.75) is 52.4 Å². The molecule has 1 aromatic carbocycles. The Labute approximate surface area is 146 Å². The molecule has 0 fully saturated rings. The minimum absolute atomic E-state index is 0.196. The Balaban J connectivity index is 3.03. The van der Waals surface area contributed by atoms with E-state index in [4.69, 9.17) is 0 Å². The quantitative estimate of drug-likeness (QED) is 0.730. The molecule has 0 spiro atoms. The monoisotopic (exact) mass is 354 g/mol. The van der Waals surface area contributed by atoms with E-state index in [1.165, 1.54) is 4.31 Å². The lowest BCUT2D eigenvalue weighted by atomic mass is 9.86. The average molecular weight is 355 g/mol. The topological polar surface area (TPSA) is 66.5 Å². The maximum atomic E-state index is 12.3. The van der Waals surface area contributed by atoms with Crippen LogP contribution in [0.3, 0.4) is 0 Å². The maximum Gasteiger partial charge on any atom is 0.240 e. The summed E-state index contributed by atoms with van der Waals surface area (Å²) in [7, 11) is -3.56. The number of amides is 1. The van der Waals surface area contributed by atoms with Crippen LogP contribution in [0.15, 0.2) is 24.3 Å². The van der Waals surface area contributed by atoms with Gasteiger partial charge in [0, 0.05) is 6.54 Å². The number of sulfonamides is 1. The fraction of sp³-hybridized carbons (Fsp3) is 0.611. The Kier molecular flexibility index (Phi) is 7.27. The zero-order valence-corrected chi connectivity index (χ0v) is 16.2. The maximum absolute atomic E-state index is 12.3. The smallest absolute Gasteiger partial charge is 0.240 e. The van der Waals surface area contributed by atoms with Gasteiger partial charge in [0.25, 0.3) is 0 Å². The Bertz CT molecular complexity index is 648. The van der Waals surface area contributed by atoms with E-state index in [1.807, 2.05) is 32.9 Å². The van der Waals surface area contributed by atoms with Crippen molar-refractivity contribution in [3.63, 3.8) is 0 Å². The van der Waals surface area contributed by atoms with Crippen LogP contribution in [-0.2, 0) is 20.2 Å². The average Bonchev–Trinajstić information content (AvgIpc) is 2.47. The third-order valence-corrected chi connectivity index (χ3v) is 4.90. The highest BCUT2D eigenvalue weighted by molar-refractivity contribution is 7.92. The molecule has 0 saturated heterocycles. The van der Waals surface area contributed by atoms with Crippen LogP contribution in [0.5, 0.6) is 0 Å². The van der Waals surface area contributed by atoms with Crippen LogP contribution in [0.2, 0.25) is 0 Å². The Hall–Kier alpha value is -1.56. The lowest BCUT2D eigenvalue weighted by Crippen LogP contribution is -2.41. The van der Waals surface area contributed by atoms with Gasteiger partial charge in [-0.2, -0.15) is 0 Å². The van der Waals surface area contributed by atoms with Crippen LogP contribution in [0, 0.1) is 0 Å². The largest absolute Gasteiger partial charge is 0.355 e. The van der Waals surface area contributed by atoms with Gasteiger partial charge in [0.15, 0.2) is 0 Å². The van der Waals surface area contributed by atoms with E-state index >= 15 is 0 Å². The summed E-state index contributed by atoms with van der Waals surface area (Å²) in [5.41, 5.74) is 1.24. The summed E-state index contributed by atoms with van der Waals surface area (Å²) >= 11 is 0. The van der Waals surface area contributed by atoms with Gasteiger partial charge in [0.05, 0.1) is 11.9 Å². The summed E-state index contributed by atoms with van der Waals surface area (Å²) in [4.78, 5) is 12.2. The Morgan fingerprint density at radius 2 is 1.79 bits per heavy atom. The lowest BCUT2D eigenvalue weighted by molar-refractivity contribution is -0.119. The number of carbonyl (C=O) groups is 1. The summed E-state index contributed by atoms with van der Waals surface area (Å²) < 4.78 is 25.7. The molecule has 1 aromatic rings.